The highest BCUT2D eigenvalue weighted by atomic mass is 35.5. The Labute approximate surface area is 177 Å². The van der Waals surface area contributed by atoms with E-state index in [0.29, 0.717) is 24.6 Å². The maximum absolute atomic E-state index is 13.0. The molecule has 2 aromatic heterocycles. The number of benzene rings is 1. The summed E-state index contributed by atoms with van der Waals surface area (Å²) in [5.74, 6) is 2.14. The number of alkyl halides is 3. The third-order valence-electron chi connectivity index (χ3n) is 5.15. The number of hydrogen-bond donors (Lipinski definition) is 0. The molecule has 0 aliphatic carbocycles. The third kappa shape index (κ3) is 4.37. The Kier molecular flexibility index (Phi) is 5.59. The molecule has 0 saturated heterocycles. The van der Waals surface area contributed by atoms with Crippen molar-refractivity contribution in [2.24, 2.45) is 0 Å². The van der Waals surface area contributed by atoms with Crippen LogP contribution in [0, 0.1) is 0 Å². The van der Waals surface area contributed by atoms with Crippen LogP contribution < -0.4 is 0 Å². The summed E-state index contributed by atoms with van der Waals surface area (Å²) < 4.78 is 44.9. The summed E-state index contributed by atoms with van der Waals surface area (Å²) >= 11 is 6.12. The van der Waals surface area contributed by atoms with Gasteiger partial charge in [0.1, 0.15) is 17.3 Å². The summed E-state index contributed by atoms with van der Waals surface area (Å²) in [4.78, 5) is 11.3. The standard InChI is InChI=1S/C22H21ClF3N3O/c1-13(2)21-27-10-14-11-29(8-7-19(14)28-21)12-16-4-6-20(30-16)17-9-15(22(24,25)26)3-5-18(17)23/h3-6,9-10,13H,7-8,11-12H2,1-2H3. The predicted octanol–water partition coefficient (Wildman–Crippen LogP) is 6.09. The fourth-order valence-electron chi connectivity index (χ4n) is 3.52. The lowest BCUT2D eigenvalue weighted by atomic mass is 10.1. The molecule has 0 radical (unpaired) electrons. The molecule has 0 fully saturated rings. The fraction of sp³-hybridized carbons (Fsp3) is 0.364. The second-order valence-electron chi connectivity index (χ2n) is 7.77. The van der Waals surface area contributed by atoms with Gasteiger partial charge in [0.25, 0.3) is 0 Å². The Bertz CT molecular complexity index is 1060. The number of aromatic nitrogens is 2. The Hall–Kier alpha value is -2.38. The van der Waals surface area contributed by atoms with E-state index >= 15 is 0 Å². The van der Waals surface area contributed by atoms with Crippen molar-refractivity contribution in [3.05, 3.63) is 70.0 Å². The zero-order valence-corrected chi connectivity index (χ0v) is 17.4. The van der Waals surface area contributed by atoms with Crippen LogP contribution in [0.3, 0.4) is 0 Å². The van der Waals surface area contributed by atoms with Gasteiger partial charge in [0.05, 0.1) is 17.1 Å². The van der Waals surface area contributed by atoms with Crippen molar-refractivity contribution < 1.29 is 17.6 Å². The van der Waals surface area contributed by atoms with Crippen LogP contribution in [-0.4, -0.2) is 21.4 Å². The van der Waals surface area contributed by atoms with Crippen LogP contribution in [0.2, 0.25) is 5.02 Å². The molecule has 0 amide bonds. The van der Waals surface area contributed by atoms with E-state index in [1.54, 1.807) is 12.1 Å². The van der Waals surface area contributed by atoms with Crippen molar-refractivity contribution in [1.82, 2.24) is 14.9 Å². The molecule has 0 unspecified atom stereocenters. The van der Waals surface area contributed by atoms with E-state index in [1.807, 2.05) is 6.20 Å². The van der Waals surface area contributed by atoms with E-state index in [1.165, 1.54) is 6.07 Å². The van der Waals surface area contributed by atoms with E-state index in [2.05, 4.69) is 28.7 Å². The number of hydrogen-bond acceptors (Lipinski definition) is 4. The molecule has 3 heterocycles. The molecule has 0 N–H and O–H groups in total. The van der Waals surface area contributed by atoms with Gasteiger partial charge in [0.2, 0.25) is 0 Å². The zero-order valence-electron chi connectivity index (χ0n) is 16.6. The second-order valence-corrected chi connectivity index (χ2v) is 8.18. The van der Waals surface area contributed by atoms with Gasteiger partial charge in [0, 0.05) is 48.4 Å². The normalized spacial score (nSPS) is 14.9. The van der Waals surface area contributed by atoms with Crippen LogP contribution in [0.1, 0.15) is 48.2 Å². The highest BCUT2D eigenvalue weighted by molar-refractivity contribution is 6.33. The molecule has 4 rings (SSSR count). The molecule has 158 valence electrons. The molecule has 0 bridgehead atoms. The Balaban J connectivity index is 1.50. The van der Waals surface area contributed by atoms with Crippen LogP contribution in [0.15, 0.2) is 40.9 Å². The topological polar surface area (TPSA) is 42.2 Å². The summed E-state index contributed by atoms with van der Waals surface area (Å²) in [6.07, 6.45) is -1.72. The molecule has 1 aliphatic rings. The highest BCUT2D eigenvalue weighted by Crippen LogP contribution is 2.36. The van der Waals surface area contributed by atoms with E-state index in [9.17, 15) is 13.2 Å². The lowest BCUT2D eigenvalue weighted by Gasteiger charge is -2.27. The lowest BCUT2D eigenvalue weighted by molar-refractivity contribution is -0.137. The van der Waals surface area contributed by atoms with Gasteiger partial charge in [0.15, 0.2) is 0 Å². The summed E-state index contributed by atoms with van der Waals surface area (Å²) in [5.41, 5.74) is 1.66. The Morgan fingerprint density at radius 1 is 1.20 bits per heavy atom. The van der Waals surface area contributed by atoms with Crippen molar-refractivity contribution in [2.45, 2.75) is 45.5 Å². The quantitative estimate of drug-likeness (QED) is 0.497. The van der Waals surface area contributed by atoms with Gasteiger partial charge in [-0.25, -0.2) is 9.97 Å². The molecule has 0 atom stereocenters. The number of rotatable bonds is 4. The van der Waals surface area contributed by atoms with Gasteiger partial charge in [-0.2, -0.15) is 13.2 Å². The molecular formula is C22H21ClF3N3O. The first-order valence-corrected chi connectivity index (χ1v) is 10.1. The molecule has 0 spiro atoms. The van der Waals surface area contributed by atoms with Crippen molar-refractivity contribution in [3.63, 3.8) is 0 Å². The number of halogens is 4. The van der Waals surface area contributed by atoms with Crippen LogP contribution >= 0.6 is 11.6 Å². The summed E-state index contributed by atoms with van der Waals surface area (Å²) in [7, 11) is 0. The fourth-order valence-corrected chi connectivity index (χ4v) is 3.73. The highest BCUT2D eigenvalue weighted by Gasteiger charge is 2.31. The molecule has 1 aliphatic heterocycles. The molecule has 1 aromatic carbocycles. The van der Waals surface area contributed by atoms with Crippen molar-refractivity contribution in [3.8, 4) is 11.3 Å². The first-order valence-electron chi connectivity index (χ1n) is 9.73. The Morgan fingerprint density at radius 2 is 2.00 bits per heavy atom. The smallest absolute Gasteiger partial charge is 0.416 e. The third-order valence-corrected chi connectivity index (χ3v) is 5.48. The van der Waals surface area contributed by atoms with Crippen LogP contribution in [0.5, 0.6) is 0 Å². The second kappa shape index (κ2) is 8.04. The van der Waals surface area contributed by atoms with Crippen LogP contribution in [0.4, 0.5) is 13.2 Å². The lowest BCUT2D eigenvalue weighted by Crippen LogP contribution is -2.31. The minimum absolute atomic E-state index is 0.217. The SMILES string of the molecule is CC(C)c1ncc2c(n1)CCN(Cc1ccc(-c3cc(C(F)(F)F)ccc3Cl)o1)C2. The average molecular weight is 436 g/mol. The number of furan rings is 1. The van der Waals surface area contributed by atoms with E-state index in [-0.39, 0.29) is 16.5 Å². The Morgan fingerprint density at radius 3 is 2.73 bits per heavy atom. The molecule has 30 heavy (non-hydrogen) atoms. The van der Waals surface area contributed by atoms with Gasteiger partial charge < -0.3 is 4.42 Å². The first-order chi connectivity index (χ1) is 14.2. The number of fused-ring (bicyclic) bond motifs is 1. The first kappa shape index (κ1) is 20.9. The molecular weight excluding hydrogens is 415 g/mol. The van der Waals surface area contributed by atoms with Gasteiger partial charge in [-0.1, -0.05) is 25.4 Å². The van der Waals surface area contributed by atoms with Crippen LogP contribution in [-0.2, 0) is 25.7 Å². The summed E-state index contributed by atoms with van der Waals surface area (Å²) in [5, 5.41) is 0.217. The van der Waals surface area contributed by atoms with E-state index in [4.69, 9.17) is 16.0 Å². The van der Waals surface area contributed by atoms with Crippen molar-refractivity contribution in [2.75, 3.05) is 6.54 Å². The van der Waals surface area contributed by atoms with Crippen molar-refractivity contribution >= 4 is 11.6 Å². The largest absolute Gasteiger partial charge is 0.460 e. The monoisotopic (exact) mass is 435 g/mol. The summed E-state index contributed by atoms with van der Waals surface area (Å²) in [6, 6.07) is 6.67. The van der Waals surface area contributed by atoms with Crippen molar-refractivity contribution in [1.29, 1.82) is 0 Å². The maximum atomic E-state index is 13.0. The minimum atomic E-state index is -4.44. The van der Waals surface area contributed by atoms with Crippen LogP contribution in [0.25, 0.3) is 11.3 Å². The van der Waals surface area contributed by atoms with Gasteiger partial charge in [-0.3, -0.25) is 4.90 Å². The minimum Gasteiger partial charge on any atom is -0.460 e. The molecule has 3 aromatic rings. The number of nitrogens with zero attached hydrogens (tertiary/aromatic N) is 3. The molecule has 8 heteroatoms. The average Bonchev–Trinajstić information content (AvgIpc) is 3.15. The predicted molar refractivity (Wildman–Crippen MR) is 108 cm³/mol. The van der Waals surface area contributed by atoms with Gasteiger partial charge in [-0.15, -0.1) is 0 Å². The maximum Gasteiger partial charge on any atom is 0.416 e. The molecule has 0 saturated carbocycles. The van der Waals surface area contributed by atoms with Gasteiger partial charge in [-0.05, 0) is 30.3 Å². The van der Waals surface area contributed by atoms with E-state index in [0.717, 1.165) is 42.2 Å². The van der Waals surface area contributed by atoms with Gasteiger partial charge >= 0.3 is 6.18 Å². The van der Waals surface area contributed by atoms with E-state index < -0.39 is 11.7 Å². The molecule has 4 nitrogen and oxygen atoms in total. The zero-order chi connectivity index (χ0) is 21.5. The summed E-state index contributed by atoms with van der Waals surface area (Å²) in [6.45, 7) is 6.21.